The fourth-order valence-electron chi connectivity index (χ4n) is 2.82. The van der Waals surface area contributed by atoms with E-state index in [2.05, 4.69) is 10.2 Å². The Morgan fingerprint density at radius 2 is 1.84 bits per heavy atom. The van der Waals surface area contributed by atoms with Gasteiger partial charge in [-0.1, -0.05) is 11.6 Å². The Labute approximate surface area is 151 Å². The summed E-state index contributed by atoms with van der Waals surface area (Å²) in [6, 6.07) is 11.8. The largest absolute Gasteiger partial charge is 0.484 e. The highest BCUT2D eigenvalue weighted by Crippen LogP contribution is 2.22. The first-order chi connectivity index (χ1) is 12.1. The molecule has 2 aromatic carbocycles. The average molecular weight is 363 g/mol. The summed E-state index contributed by atoms with van der Waals surface area (Å²) in [5.74, 6) is -0.458. The molecule has 0 saturated carbocycles. The third kappa shape index (κ3) is 4.86. The molecule has 3 rings (SSSR count). The summed E-state index contributed by atoms with van der Waals surface area (Å²) < 4.78 is 18.4. The van der Waals surface area contributed by atoms with Gasteiger partial charge in [-0.25, -0.2) is 4.39 Å². The summed E-state index contributed by atoms with van der Waals surface area (Å²) in [6.07, 6.45) is 3.75. The van der Waals surface area contributed by atoms with Crippen molar-refractivity contribution in [1.82, 2.24) is 0 Å². The predicted octanol–water partition coefficient (Wildman–Crippen LogP) is 4.49. The summed E-state index contributed by atoms with van der Waals surface area (Å²) in [6.45, 7) is 2.00. The van der Waals surface area contributed by atoms with Gasteiger partial charge in [-0.3, -0.25) is 4.79 Å². The quantitative estimate of drug-likeness (QED) is 0.852. The van der Waals surface area contributed by atoms with E-state index in [9.17, 15) is 9.18 Å². The molecule has 1 heterocycles. The minimum atomic E-state index is -0.521. The number of rotatable bonds is 5. The van der Waals surface area contributed by atoms with E-state index in [0.717, 1.165) is 13.1 Å². The Bertz CT molecular complexity index is 731. The molecule has 0 aromatic heterocycles. The zero-order valence-corrected chi connectivity index (χ0v) is 14.6. The maximum absolute atomic E-state index is 13.1. The van der Waals surface area contributed by atoms with E-state index in [0.29, 0.717) is 11.4 Å². The van der Waals surface area contributed by atoms with Crippen LogP contribution >= 0.6 is 11.6 Å². The molecule has 2 aromatic rings. The van der Waals surface area contributed by atoms with Crippen molar-refractivity contribution in [3.63, 3.8) is 0 Å². The fourth-order valence-corrected chi connectivity index (χ4v) is 2.99. The van der Waals surface area contributed by atoms with Gasteiger partial charge in [-0.2, -0.15) is 0 Å². The molecule has 1 fully saturated rings. The molecule has 1 aliphatic rings. The number of nitrogens with one attached hydrogen (secondary N) is 1. The Hall–Kier alpha value is -2.27. The molecule has 1 saturated heterocycles. The van der Waals surface area contributed by atoms with E-state index in [4.69, 9.17) is 16.3 Å². The Kier molecular flexibility index (Phi) is 5.76. The number of nitrogens with zero attached hydrogens (tertiary/aromatic N) is 1. The van der Waals surface area contributed by atoms with Crippen LogP contribution < -0.4 is 15.0 Å². The van der Waals surface area contributed by atoms with Gasteiger partial charge in [0.2, 0.25) is 0 Å². The molecule has 0 bridgehead atoms. The van der Waals surface area contributed by atoms with Crippen LogP contribution in [0.4, 0.5) is 15.8 Å². The minimum Gasteiger partial charge on any atom is -0.484 e. The fraction of sp³-hybridized carbons (Fsp3) is 0.316. The maximum atomic E-state index is 13.1. The molecular formula is C19H20ClFN2O2. The molecule has 1 N–H and O–H groups in total. The van der Waals surface area contributed by atoms with E-state index < -0.39 is 5.82 Å². The number of anilines is 2. The molecule has 25 heavy (non-hydrogen) atoms. The number of amides is 1. The van der Waals surface area contributed by atoms with Crippen LogP contribution in [0.15, 0.2) is 42.5 Å². The molecule has 4 nitrogen and oxygen atoms in total. The molecule has 1 aliphatic heterocycles. The van der Waals surface area contributed by atoms with Gasteiger partial charge in [0.15, 0.2) is 6.61 Å². The van der Waals surface area contributed by atoms with Crippen LogP contribution in [0.25, 0.3) is 0 Å². The molecule has 0 aliphatic carbocycles. The molecule has 1 amide bonds. The normalized spacial score (nSPS) is 14.2. The SMILES string of the molecule is O=C(COc1ccc(F)c(Cl)c1)Nc1ccc(N2CCCCC2)cc1. The smallest absolute Gasteiger partial charge is 0.262 e. The number of carbonyl (C=O) groups excluding carboxylic acids is 1. The van der Waals surface area contributed by atoms with E-state index in [1.165, 1.54) is 43.1 Å². The summed E-state index contributed by atoms with van der Waals surface area (Å²) in [5, 5.41) is 2.74. The maximum Gasteiger partial charge on any atom is 0.262 e. The Morgan fingerprint density at radius 1 is 1.12 bits per heavy atom. The number of benzene rings is 2. The van der Waals surface area contributed by atoms with Crippen molar-refractivity contribution in [3.8, 4) is 5.75 Å². The lowest BCUT2D eigenvalue weighted by Gasteiger charge is -2.28. The van der Waals surface area contributed by atoms with Gasteiger partial charge in [-0.15, -0.1) is 0 Å². The van der Waals surface area contributed by atoms with Crippen molar-refractivity contribution >= 4 is 28.9 Å². The average Bonchev–Trinajstić information content (AvgIpc) is 2.64. The lowest BCUT2D eigenvalue weighted by molar-refractivity contribution is -0.118. The van der Waals surface area contributed by atoms with Crippen molar-refractivity contribution in [2.75, 3.05) is 29.9 Å². The van der Waals surface area contributed by atoms with Gasteiger partial charge in [0.25, 0.3) is 5.91 Å². The van der Waals surface area contributed by atoms with Gasteiger partial charge >= 0.3 is 0 Å². The highest BCUT2D eigenvalue weighted by molar-refractivity contribution is 6.30. The van der Waals surface area contributed by atoms with Crippen LogP contribution in [0, 0.1) is 5.82 Å². The predicted molar refractivity (Wildman–Crippen MR) is 98.0 cm³/mol. The second kappa shape index (κ2) is 8.21. The first-order valence-corrected chi connectivity index (χ1v) is 8.72. The second-order valence-electron chi connectivity index (χ2n) is 6.01. The molecule has 0 spiro atoms. The summed E-state index contributed by atoms with van der Waals surface area (Å²) >= 11 is 5.68. The highest BCUT2D eigenvalue weighted by atomic mass is 35.5. The monoisotopic (exact) mass is 362 g/mol. The van der Waals surface area contributed by atoms with Crippen molar-refractivity contribution in [3.05, 3.63) is 53.3 Å². The number of halogens is 2. The molecule has 6 heteroatoms. The zero-order valence-electron chi connectivity index (χ0n) is 13.8. The van der Waals surface area contributed by atoms with Gasteiger partial charge in [0, 0.05) is 30.5 Å². The summed E-state index contributed by atoms with van der Waals surface area (Å²) in [5.41, 5.74) is 1.89. The topological polar surface area (TPSA) is 41.6 Å². The van der Waals surface area contributed by atoms with Crippen LogP contribution in [-0.4, -0.2) is 25.6 Å². The summed E-state index contributed by atoms with van der Waals surface area (Å²) in [7, 11) is 0. The Balaban J connectivity index is 1.51. The van der Waals surface area contributed by atoms with Crippen molar-refractivity contribution < 1.29 is 13.9 Å². The van der Waals surface area contributed by atoms with Crippen LogP contribution in [0.1, 0.15) is 19.3 Å². The molecular weight excluding hydrogens is 343 g/mol. The van der Waals surface area contributed by atoms with Gasteiger partial charge in [0.1, 0.15) is 11.6 Å². The lowest BCUT2D eigenvalue weighted by Crippen LogP contribution is -2.29. The molecule has 0 radical (unpaired) electrons. The van der Waals surface area contributed by atoms with Gasteiger partial charge in [0.05, 0.1) is 5.02 Å². The van der Waals surface area contributed by atoms with Crippen molar-refractivity contribution in [2.45, 2.75) is 19.3 Å². The van der Waals surface area contributed by atoms with E-state index in [1.54, 1.807) is 0 Å². The third-order valence-corrected chi connectivity index (χ3v) is 4.42. The van der Waals surface area contributed by atoms with Crippen molar-refractivity contribution in [1.29, 1.82) is 0 Å². The first-order valence-electron chi connectivity index (χ1n) is 8.34. The van der Waals surface area contributed by atoms with Crippen LogP contribution in [0.3, 0.4) is 0 Å². The third-order valence-electron chi connectivity index (χ3n) is 4.13. The van der Waals surface area contributed by atoms with Crippen LogP contribution in [-0.2, 0) is 4.79 Å². The minimum absolute atomic E-state index is 0.0359. The van der Waals surface area contributed by atoms with Crippen molar-refractivity contribution in [2.24, 2.45) is 0 Å². The highest BCUT2D eigenvalue weighted by Gasteiger charge is 2.11. The van der Waals surface area contributed by atoms with E-state index >= 15 is 0 Å². The lowest BCUT2D eigenvalue weighted by atomic mass is 10.1. The zero-order chi connectivity index (χ0) is 17.6. The van der Waals surface area contributed by atoms with Crippen LogP contribution in [0.2, 0.25) is 5.02 Å². The Morgan fingerprint density at radius 3 is 2.52 bits per heavy atom. The molecule has 0 atom stereocenters. The molecule has 132 valence electrons. The van der Waals surface area contributed by atoms with Gasteiger partial charge in [-0.05, 0) is 55.7 Å². The number of hydrogen-bond acceptors (Lipinski definition) is 3. The van der Waals surface area contributed by atoms with E-state index in [-0.39, 0.29) is 17.5 Å². The number of carbonyl (C=O) groups is 1. The summed E-state index contributed by atoms with van der Waals surface area (Å²) in [4.78, 5) is 14.3. The number of piperidine rings is 1. The standard InChI is InChI=1S/C19H20ClFN2O2/c20-17-12-16(8-9-18(17)21)25-13-19(24)22-14-4-6-15(7-5-14)23-10-2-1-3-11-23/h4-9,12H,1-3,10-11,13H2,(H,22,24). The number of hydrogen-bond donors (Lipinski definition) is 1. The molecule has 0 unspecified atom stereocenters. The number of ether oxygens (including phenoxy) is 1. The van der Waals surface area contributed by atoms with E-state index in [1.807, 2.05) is 24.3 Å². The van der Waals surface area contributed by atoms with Crippen LogP contribution in [0.5, 0.6) is 5.75 Å². The second-order valence-corrected chi connectivity index (χ2v) is 6.41. The first kappa shape index (κ1) is 17.5. The van der Waals surface area contributed by atoms with Gasteiger partial charge < -0.3 is 15.0 Å².